The molecular formula is C24H27N3O2S. The van der Waals surface area contributed by atoms with E-state index in [1.807, 2.05) is 57.2 Å². The summed E-state index contributed by atoms with van der Waals surface area (Å²) in [6, 6.07) is 13.6. The molecule has 6 heteroatoms. The fourth-order valence-corrected chi connectivity index (χ4v) is 4.91. The molecule has 1 aliphatic carbocycles. The second kappa shape index (κ2) is 8.64. The van der Waals surface area contributed by atoms with Gasteiger partial charge in [0.25, 0.3) is 5.56 Å². The average molecular weight is 422 g/mol. The number of benzene rings is 2. The third-order valence-electron chi connectivity index (χ3n) is 5.91. The maximum atomic E-state index is 13.5. The van der Waals surface area contributed by atoms with Gasteiger partial charge in [-0.1, -0.05) is 48.9 Å². The topological polar surface area (TPSA) is 64.0 Å². The number of carbonyl (C=O) groups is 1. The van der Waals surface area contributed by atoms with Gasteiger partial charge in [-0.2, -0.15) is 0 Å². The summed E-state index contributed by atoms with van der Waals surface area (Å²) in [5, 5.41) is 3.92. The first-order valence-corrected chi connectivity index (χ1v) is 11.4. The Labute approximate surface area is 180 Å². The van der Waals surface area contributed by atoms with E-state index < -0.39 is 0 Å². The number of thioether (sulfide) groups is 1. The van der Waals surface area contributed by atoms with E-state index in [0.717, 1.165) is 29.7 Å². The molecule has 1 atom stereocenters. The number of amides is 1. The van der Waals surface area contributed by atoms with E-state index in [2.05, 4.69) is 5.32 Å². The molecule has 2 aromatic carbocycles. The van der Waals surface area contributed by atoms with E-state index in [9.17, 15) is 9.59 Å². The zero-order valence-electron chi connectivity index (χ0n) is 17.6. The molecule has 0 aliphatic heterocycles. The molecule has 156 valence electrons. The number of para-hydroxylation sites is 1. The van der Waals surface area contributed by atoms with Crippen molar-refractivity contribution in [1.29, 1.82) is 0 Å². The predicted molar refractivity (Wildman–Crippen MR) is 123 cm³/mol. The van der Waals surface area contributed by atoms with Crippen LogP contribution in [0.3, 0.4) is 0 Å². The Balaban J connectivity index is 1.77. The van der Waals surface area contributed by atoms with Crippen LogP contribution in [0.25, 0.3) is 16.6 Å². The number of hydrogen-bond donors (Lipinski definition) is 1. The van der Waals surface area contributed by atoms with Gasteiger partial charge in [0.2, 0.25) is 5.91 Å². The zero-order chi connectivity index (χ0) is 21.3. The molecule has 5 nitrogen and oxygen atoms in total. The number of rotatable bonds is 5. The SMILES string of the molecule is Cc1cccc(-n2c(SC(C)C(=O)NC3CCCC3)nc3ccccc3c2=O)c1C. The third kappa shape index (κ3) is 4.01. The summed E-state index contributed by atoms with van der Waals surface area (Å²) in [7, 11) is 0. The molecule has 1 aliphatic rings. The molecule has 1 fully saturated rings. The van der Waals surface area contributed by atoms with Crippen molar-refractivity contribution >= 4 is 28.6 Å². The van der Waals surface area contributed by atoms with Gasteiger partial charge in [0.15, 0.2) is 5.16 Å². The van der Waals surface area contributed by atoms with Crippen molar-refractivity contribution in [3.63, 3.8) is 0 Å². The molecule has 1 aromatic heterocycles. The highest BCUT2D eigenvalue weighted by Gasteiger charge is 2.24. The van der Waals surface area contributed by atoms with Crippen LogP contribution >= 0.6 is 11.8 Å². The van der Waals surface area contributed by atoms with Crippen LogP contribution in [0.5, 0.6) is 0 Å². The predicted octanol–water partition coefficient (Wildman–Crippen LogP) is 4.54. The highest BCUT2D eigenvalue weighted by atomic mass is 32.2. The minimum atomic E-state index is -0.352. The van der Waals surface area contributed by atoms with E-state index in [1.54, 1.807) is 10.6 Å². The van der Waals surface area contributed by atoms with Crippen LogP contribution in [-0.4, -0.2) is 26.8 Å². The normalized spacial score (nSPS) is 15.4. The first-order chi connectivity index (χ1) is 14.5. The largest absolute Gasteiger partial charge is 0.352 e. The van der Waals surface area contributed by atoms with Crippen molar-refractivity contribution in [2.24, 2.45) is 0 Å². The molecule has 30 heavy (non-hydrogen) atoms. The Bertz CT molecular complexity index is 1150. The van der Waals surface area contributed by atoms with E-state index in [0.29, 0.717) is 16.1 Å². The number of carbonyl (C=O) groups excluding carboxylic acids is 1. The monoisotopic (exact) mass is 421 g/mol. The van der Waals surface area contributed by atoms with Crippen LogP contribution in [0.4, 0.5) is 0 Å². The Morgan fingerprint density at radius 2 is 1.87 bits per heavy atom. The summed E-state index contributed by atoms with van der Waals surface area (Å²) in [6.07, 6.45) is 4.44. The van der Waals surface area contributed by atoms with Crippen LogP contribution in [0, 0.1) is 13.8 Å². The van der Waals surface area contributed by atoms with Crippen molar-refractivity contribution in [1.82, 2.24) is 14.9 Å². The molecule has 3 aromatic rings. The molecule has 1 saturated carbocycles. The Kier molecular flexibility index (Phi) is 5.95. The van der Waals surface area contributed by atoms with Gasteiger partial charge >= 0.3 is 0 Å². The van der Waals surface area contributed by atoms with Crippen molar-refractivity contribution in [3.8, 4) is 5.69 Å². The van der Waals surface area contributed by atoms with Gasteiger partial charge in [0.05, 0.1) is 21.8 Å². The molecule has 0 bridgehead atoms. The second-order valence-electron chi connectivity index (χ2n) is 8.02. The number of nitrogens with zero attached hydrogens (tertiary/aromatic N) is 2. The lowest BCUT2D eigenvalue weighted by molar-refractivity contribution is -0.120. The lowest BCUT2D eigenvalue weighted by Crippen LogP contribution is -2.38. The number of hydrogen-bond acceptors (Lipinski definition) is 4. The van der Waals surface area contributed by atoms with Crippen LogP contribution in [0.2, 0.25) is 0 Å². The maximum Gasteiger partial charge on any atom is 0.266 e. The number of aromatic nitrogens is 2. The summed E-state index contributed by atoms with van der Waals surface area (Å²) in [5.41, 5.74) is 3.48. The smallest absolute Gasteiger partial charge is 0.266 e. The fraction of sp³-hybridized carbons (Fsp3) is 0.375. The van der Waals surface area contributed by atoms with Crippen LogP contribution < -0.4 is 10.9 Å². The van der Waals surface area contributed by atoms with Gasteiger partial charge in [-0.3, -0.25) is 14.2 Å². The standard InChI is InChI=1S/C24H27N3O2S/c1-15-9-8-14-21(16(15)2)27-23(29)19-12-6-7-13-20(19)26-24(27)30-17(3)22(28)25-18-10-4-5-11-18/h6-9,12-14,17-18H,4-5,10-11H2,1-3H3,(H,25,28). The molecule has 0 spiro atoms. The summed E-state index contributed by atoms with van der Waals surface area (Å²) < 4.78 is 1.66. The van der Waals surface area contributed by atoms with Crippen molar-refractivity contribution in [3.05, 3.63) is 63.9 Å². The minimum Gasteiger partial charge on any atom is -0.352 e. The number of nitrogens with one attached hydrogen (secondary N) is 1. The molecule has 0 radical (unpaired) electrons. The van der Waals surface area contributed by atoms with Gasteiger partial charge in [0.1, 0.15) is 0 Å². The maximum absolute atomic E-state index is 13.5. The summed E-state index contributed by atoms with van der Waals surface area (Å²) in [4.78, 5) is 31.0. The Morgan fingerprint density at radius 1 is 1.13 bits per heavy atom. The Morgan fingerprint density at radius 3 is 2.63 bits per heavy atom. The van der Waals surface area contributed by atoms with Crippen LogP contribution in [0.1, 0.15) is 43.7 Å². The molecule has 1 heterocycles. The second-order valence-corrected chi connectivity index (χ2v) is 9.33. The summed E-state index contributed by atoms with van der Waals surface area (Å²) in [6.45, 7) is 5.92. The third-order valence-corrected chi connectivity index (χ3v) is 6.97. The van der Waals surface area contributed by atoms with Crippen molar-refractivity contribution < 1.29 is 4.79 Å². The zero-order valence-corrected chi connectivity index (χ0v) is 18.5. The lowest BCUT2D eigenvalue weighted by Gasteiger charge is -2.19. The van der Waals surface area contributed by atoms with E-state index in [1.165, 1.54) is 24.6 Å². The van der Waals surface area contributed by atoms with E-state index >= 15 is 0 Å². The van der Waals surface area contributed by atoms with E-state index in [4.69, 9.17) is 4.98 Å². The first kappa shape index (κ1) is 20.7. The molecule has 1 N–H and O–H groups in total. The van der Waals surface area contributed by atoms with Gasteiger partial charge in [0, 0.05) is 6.04 Å². The number of fused-ring (bicyclic) bond motifs is 1. The summed E-state index contributed by atoms with van der Waals surface area (Å²) in [5.74, 6) is 0.00169. The Hall–Kier alpha value is -2.60. The van der Waals surface area contributed by atoms with Gasteiger partial charge in [-0.05, 0) is 62.9 Å². The molecule has 4 rings (SSSR count). The molecular weight excluding hydrogens is 394 g/mol. The summed E-state index contributed by atoms with van der Waals surface area (Å²) >= 11 is 1.34. The van der Waals surface area contributed by atoms with Gasteiger partial charge in [-0.15, -0.1) is 0 Å². The fourth-order valence-electron chi connectivity index (χ4n) is 3.98. The molecule has 1 unspecified atom stereocenters. The lowest BCUT2D eigenvalue weighted by atomic mass is 10.1. The average Bonchev–Trinajstić information content (AvgIpc) is 3.24. The first-order valence-electron chi connectivity index (χ1n) is 10.5. The highest BCUT2D eigenvalue weighted by molar-refractivity contribution is 8.00. The molecule has 1 amide bonds. The minimum absolute atomic E-state index is 0.00169. The highest BCUT2D eigenvalue weighted by Crippen LogP contribution is 2.28. The molecule has 0 saturated heterocycles. The van der Waals surface area contributed by atoms with Crippen LogP contribution in [-0.2, 0) is 4.79 Å². The van der Waals surface area contributed by atoms with Crippen molar-refractivity contribution in [2.75, 3.05) is 0 Å². The quantitative estimate of drug-likeness (QED) is 0.485. The van der Waals surface area contributed by atoms with Gasteiger partial charge in [-0.25, -0.2) is 4.98 Å². The van der Waals surface area contributed by atoms with Gasteiger partial charge < -0.3 is 5.32 Å². The number of aryl methyl sites for hydroxylation is 1. The van der Waals surface area contributed by atoms with E-state index in [-0.39, 0.29) is 22.8 Å². The van der Waals surface area contributed by atoms with Crippen LogP contribution in [0.15, 0.2) is 52.4 Å². The van der Waals surface area contributed by atoms with Crippen molar-refractivity contribution in [2.45, 2.75) is 62.9 Å².